The number of imide groups is 1. The third kappa shape index (κ3) is 2.88. The monoisotopic (exact) mass is 307 g/mol. The first kappa shape index (κ1) is 15.0. The van der Waals surface area contributed by atoms with Crippen molar-refractivity contribution in [2.75, 3.05) is 4.90 Å². The molecule has 0 aliphatic carbocycles. The number of carbonyl (C=O) groups is 2. The van der Waals surface area contributed by atoms with Gasteiger partial charge in [0.2, 0.25) is 0 Å². The van der Waals surface area contributed by atoms with Gasteiger partial charge in [-0.2, -0.15) is 0 Å². The fourth-order valence-electron chi connectivity index (χ4n) is 2.88. The molecule has 116 valence electrons. The number of carbonyl (C=O) groups excluding carboxylic acids is 2. The first-order valence-corrected chi connectivity index (χ1v) is 7.55. The molecule has 3 rings (SSSR count). The minimum atomic E-state index is -0.312. The molecule has 2 aromatic carbocycles. The Kier molecular flexibility index (Phi) is 3.98. The van der Waals surface area contributed by atoms with E-state index in [4.69, 9.17) is 0 Å². The van der Waals surface area contributed by atoms with Gasteiger partial charge in [-0.25, -0.2) is 4.90 Å². The molecule has 2 amide bonds. The van der Waals surface area contributed by atoms with Crippen LogP contribution in [0.3, 0.4) is 0 Å². The van der Waals surface area contributed by atoms with Gasteiger partial charge in [-0.3, -0.25) is 9.59 Å². The largest absolute Gasteiger partial charge is 0.508 e. The predicted octanol–water partition coefficient (Wildman–Crippen LogP) is 3.36. The van der Waals surface area contributed by atoms with Gasteiger partial charge >= 0.3 is 0 Å². The van der Waals surface area contributed by atoms with E-state index in [-0.39, 0.29) is 23.5 Å². The average molecular weight is 307 g/mol. The zero-order valence-electron chi connectivity index (χ0n) is 12.8. The second-order valence-electron chi connectivity index (χ2n) is 5.49. The number of hydrogen-bond donors (Lipinski definition) is 1. The van der Waals surface area contributed by atoms with Crippen LogP contribution in [-0.2, 0) is 9.59 Å². The quantitative estimate of drug-likeness (QED) is 0.881. The number of phenolic OH excluding ortho intramolecular Hbond substituents is 1. The van der Waals surface area contributed by atoms with Crippen LogP contribution in [0, 0.1) is 0 Å². The highest BCUT2D eigenvalue weighted by Gasteiger charge is 2.25. The summed E-state index contributed by atoms with van der Waals surface area (Å²) in [4.78, 5) is 24.6. The van der Waals surface area contributed by atoms with Gasteiger partial charge in [-0.15, -0.1) is 0 Å². The molecule has 1 unspecified atom stereocenters. The zero-order valence-corrected chi connectivity index (χ0v) is 12.8. The number of nitrogens with zero attached hydrogens (tertiary/aromatic N) is 1. The minimum Gasteiger partial charge on any atom is -0.508 e. The van der Waals surface area contributed by atoms with Crippen molar-refractivity contribution in [3.63, 3.8) is 0 Å². The first-order valence-electron chi connectivity index (χ1n) is 7.55. The summed E-state index contributed by atoms with van der Waals surface area (Å²) in [6.07, 6.45) is 3.47. The maximum atomic E-state index is 11.7. The summed E-state index contributed by atoms with van der Waals surface area (Å²) in [6.45, 7) is 2.10. The molecule has 2 aromatic rings. The van der Waals surface area contributed by atoms with Crippen molar-refractivity contribution < 1.29 is 14.7 Å². The van der Waals surface area contributed by atoms with Crippen LogP contribution in [-0.4, -0.2) is 16.9 Å². The lowest BCUT2D eigenvalue weighted by Crippen LogP contribution is -2.29. The van der Waals surface area contributed by atoms with Crippen LogP contribution in [0.4, 0.5) is 5.69 Å². The molecule has 23 heavy (non-hydrogen) atoms. The van der Waals surface area contributed by atoms with Crippen molar-refractivity contribution in [2.24, 2.45) is 0 Å². The van der Waals surface area contributed by atoms with E-state index in [1.165, 1.54) is 12.2 Å². The number of hydrogen-bond acceptors (Lipinski definition) is 3. The van der Waals surface area contributed by atoms with Crippen LogP contribution >= 0.6 is 0 Å². The Morgan fingerprint density at radius 2 is 1.35 bits per heavy atom. The second kappa shape index (κ2) is 6.08. The molecule has 1 atom stereocenters. The van der Waals surface area contributed by atoms with Crippen LogP contribution < -0.4 is 4.90 Å². The normalized spacial score (nSPS) is 15.3. The molecule has 1 heterocycles. The summed E-state index contributed by atoms with van der Waals surface area (Å²) in [5.41, 5.74) is 2.80. The fraction of sp³-hybridized carbons (Fsp3) is 0.158. The lowest BCUT2D eigenvalue weighted by atomic mass is 9.89. The molecule has 1 N–H and O–H groups in total. The van der Waals surface area contributed by atoms with Gasteiger partial charge in [0, 0.05) is 18.1 Å². The number of amides is 2. The Morgan fingerprint density at radius 3 is 1.83 bits per heavy atom. The highest BCUT2D eigenvalue weighted by atomic mass is 16.3. The number of benzene rings is 2. The predicted molar refractivity (Wildman–Crippen MR) is 88.3 cm³/mol. The maximum absolute atomic E-state index is 11.7. The van der Waals surface area contributed by atoms with Crippen molar-refractivity contribution in [3.8, 4) is 5.75 Å². The van der Waals surface area contributed by atoms with Gasteiger partial charge in [0.05, 0.1) is 5.69 Å². The third-order valence-electron chi connectivity index (χ3n) is 4.07. The van der Waals surface area contributed by atoms with Crippen molar-refractivity contribution in [1.29, 1.82) is 0 Å². The fourth-order valence-corrected chi connectivity index (χ4v) is 2.88. The molecule has 0 fully saturated rings. The van der Waals surface area contributed by atoms with E-state index in [1.54, 1.807) is 24.3 Å². The molecular weight excluding hydrogens is 290 g/mol. The topological polar surface area (TPSA) is 57.6 Å². The van der Waals surface area contributed by atoms with E-state index in [0.29, 0.717) is 5.69 Å². The zero-order chi connectivity index (χ0) is 16.4. The summed E-state index contributed by atoms with van der Waals surface area (Å²) >= 11 is 0. The van der Waals surface area contributed by atoms with Gasteiger partial charge in [0.25, 0.3) is 11.8 Å². The SMILES string of the molecule is CCC(c1ccc(O)cc1)c1ccc(N2C(=O)C=CC2=O)cc1. The maximum Gasteiger partial charge on any atom is 0.258 e. The summed E-state index contributed by atoms with van der Waals surface area (Å²) in [5, 5.41) is 9.41. The van der Waals surface area contributed by atoms with Crippen LogP contribution in [0.25, 0.3) is 0 Å². The van der Waals surface area contributed by atoms with E-state index in [2.05, 4.69) is 6.92 Å². The Morgan fingerprint density at radius 1 is 0.870 bits per heavy atom. The lowest BCUT2D eigenvalue weighted by molar-refractivity contribution is -0.119. The molecule has 0 spiro atoms. The smallest absolute Gasteiger partial charge is 0.258 e. The van der Waals surface area contributed by atoms with Gasteiger partial charge in [-0.05, 0) is 41.8 Å². The highest BCUT2D eigenvalue weighted by molar-refractivity contribution is 6.28. The van der Waals surface area contributed by atoms with E-state index in [9.17, 15) is 14.7 Å². The molecule has 4 heteroatoms. The number of aromatic hydroxyl groups is 1. The summed E-state index contributed by atoms with van der Waals surface area (Å²) in [5.74, 6) is -0.174. The average Bonchev–Trinajstić information content (AvgIpc) is 2.90. The van der Waals surface area contributed by atoms with E-state index in [0.717, 1.165) is 22.4 Å². The molecule has 0 saturated heterocycles. The standard InChI is InChI=1S/C19H17NO3/c1-2-17(14-5-9-16(21)10-6-14)13-3-7-15(8-4-13)20-18(22)11-12-19(20)23/h3-12,17,21H,2H2,1H3. The molecule has 1 aliphatic heterocycles. The third-order valence-corrected chi connectivity index (χ3v) is 4.07. The molecule has 0 bridgehead atoms. The van der Waals surface area contributed by atoms with Crippen molar-refractivity contribution in [1.82, 2.24) is 0 Å². The molecular formula is C19H17NO3. The van der Waals surface area contributed by atoms with Gasteiger partial charge in [0.1, 0.15) is 5.75 Å². The minimum absolute atomic E-state index is 0.202. The van der Waals surface area contributed by atoms with Crippen LogP contribution in [0.2, 0.25) is 0 Å². The molecule has 0 aromatic heterocycles. The van der Waals surface area contributed by atoms with Crippen molar-refractivity contribution >= 4 is 17.5 Å². The lowest BCUT2D eigenvalue weighted by Gasteiger charge is -2.18. The Hall–Kier alpha value is -2.88. The number of phenols is 1. The summed E-state index contributed by atoms with van der Waals surface area (Å²) < 4.78 is 0. The van der Waals surface area contributed by atoms with Gasteiger partial charge in [-0.1, -0.05) is 31.2 Å². The number of rotatable bonds is 4. The molecule has 0 radical (unpaired) electrons. The molecule has 1 aliphatic rings. The summed E-state index contributed by atoms with van der Waals surface area (Å²) in [6, 6.07) is 14.6. The van der Waals surface area contributed by atoms with Crippen molar-refractivity contribution in [3.05, 3.63) is 71.8 Å². The van der Waals surface area contributed by atoms with Crippen LogP contribution in [0.1, 0.15) is 30.4 Å². The first-order chi connectivity index (χ1) is 11.1. The van der Waals surface area contributed by atoms with Crippen LogP contribution in [0.15, 0.2) is 60.7 Å². The highest BCUT2D eigenvalue weighted by Crippen LogP contribution is 2.30. The Balaban J connectivity index is 1.87. The second-order valence-corrected chi connectivity index (χ2v) is 5.49. The molecule has 4 nitrogen and oxygen atoms in total. The summed E-state index contributed by atoms with van der Waals surface area (Å²) in [7, 11) is 0. The van der Waals surface area contributed by atoms with E-state index >= 15 is 0 Å². The molecule has 0 saturated carbocycles. The van der Waals surface area contributed by atoms with Gasteiger partial charge in [0.15, 0.2) is 0 Å². The Bertz CT molecular complexity index is 742. The van der Waals surface area contributed by atoms with Gasteiger partial charge < -0.3 is 5.11 Å². The van der Waals surface area contributed by atoms with E-state index in [1.807, 2.05) is 24.3 Å². The number of anilines is 1. The Labute approximate surface area is 134 Å². The van der Waals surface area contributed by atoms with E-state index < -0.39 is 0 Å². The van der Waals surface area contributed by atoms with Crippen LogP contribution in [0.5, 0.6) is 5.75 Å². The van der Waals surface area contributed by atoms with Crippen molar-refractivity contribution in [2.45, 2.75) is 19.3 Å².